The Kier molecular flexibility index (Phi) is 6.47. The lowest BCUT2D eigenvalue weighted by atomic mass is 9.87. The standard InChI is InChI=1S/C21H16F3N3O2S/c22-21(23,24)16-8-4-5-9-17(16)26-19(29)12-30-20-15(11-25)14(10-18(28)27-20)13-6-2-1-3-7-13/h1-9,14H,10,12H2,(H,26,29)(H,27,28)/t14-/m1/s1. The fourth-order valence-corrected chi connectivity index (χ4v) is 3.94. The van der Waals surface area contributed by atoms with Crippen LogP contribution in [0.4, 0.5) is 18.9 Å². The van der Waals surface area contributed by atoms with Gasteiger partial charge in [0.25, 0.3) is 0 Å². The molecule has 1 atom stereocenters. The van der Waals surface area contributed by atoms with Gasteiger partial charge in [0.05, 0.1) is 33.7 Å². The molecule has 30 heavy (non-hydrogen) atoms. The molecule has 154 valence electrons. The van der Waals surface area contributed by atoms with Crippen molar-refractivity contribution >= 4 is 29.3 Å². The summed E-state index contributed by atoms with van der Waals surface area (Å²) in [5.41, 5.74) is -0.185. The van der Waals surface area contributed by atoms with Gasteiger partial charge in [-0.2, -0.15) is 18.4 Å². The minimum absolute atomic E-state index is 0.0993. The van der Waals surface area contributed by atoms with Crippen LogP contribution in [0.15, 0.2) is 65.2 Å². The van der Waals surface area contributed by atoms with E-state index < -0.39 is 23.6 Å². The second-order valence-corrected chi connectivity index (χ2v) is 7.44. The molecule has 2 amide bonds. The van der Waals surface area contributed by atoms with Gasteiger partial charge in [-0.15, -0.1) is 0 Å². The molecule has 9 heteroatoms. The summed E-state index contributed by atoms with van der Waals surface area (Å²) in [7, 11) is 0. The van der Waals surface area contributed by atoms with Gasteiger partial charge in [-0.25, -0.2) is 0 Å². The average molecular weight is 431 g/mol. The summed E-state index contributed by atoms with van der Waals surface area (Å²) in [4.78, 5) is 24.4. The quantitative estimate of drug-likeness (QED) is 0.735. The third-order valence-corrected chi connectivity index (χ3v) is 5.43. The summed E-state index contributed by atoms with van der Waals surface area (Å²) < 4.78 is 39.2. The van der Waals surface area contributed by atoms with Crippen molar-refractivity contribution in [1.82, 2.24) is 5.32 Å². The molecule has 2 N–H and O–H groups in total. The summed E-state index contributed by atoms with van der Waals surface area (Å²) >= 11 is 0.905. The van der Waals surface area contributed by atoms with Crippen LogP contribution in [0.25, 0.3) is 0 Å². The number of rotatable bonds is 5. The van der Waals surface area contributed by atoms with Crippen molar-refractivity contribution in [3.05, 3.63) is 76.3 Å². The second-order valence-electron chi connectivity index (χ2n) is 6.45. The summed E-state index contributed by atoms with van der Waals surface area (Å²) in [5.74, 6) is -1.69. The average Bonchev–Trinajstić information content (AvgIpc) is 2.72. The maximum atomic E-state index is 13.1. The Bertz CT molecular complexity index is 1030. The molecular weight excluding hydrogens is 415 g/mol. The first kappa shape index (κ1) is 21.5. The van der Waals surface area contributed by atoms with Crippen molar-refractivity contribution in [2.24, 2.45) is 0 Å². The van der Waals surface area contributed by atoms with Gasteiger partial charge < -0.3 is 10.6 Å². The summed E-state index contributed by atoms with van der Waals surface area (Å²) in [6.45, 7) is 0. The predicted octanol–water partition coefficient (Wildman–Crippen LogP) is 4.42. The zero-order valence-electron chi connectivity index (χ0n) is 15.5. The van der Waals surface area contributed by atoms with E-state index in [1.807, 2.05) is 18.2 Å². The van der Waals surface area contributed by atoms with Crippen molar-refractivity contribution in [3.63, 3.8) is 0 Å². The zero-order chi connectivity index (χ0) is 21.7. The van der Waals surface area contributed by atoms with Crippen LogP contribution in [0.2, 0.25) is 0 Å². The van der Waals surface area contributed by atoms with Gasteiger partial charge >= 0.3 is 6.18 Å². The molecule has 3 rings (SSSR count). The van der Waals surface area contributed by atoms with Crippen LogP contribution in [0.3, 0.4) is 0 Å². The molecule has 1 aliphatic rings. The lowest BCUT2D eigenvalue weighted by Gasteiger charge is -2.25. The number of nitrogens with one attached hydrogen (secondary N) is 2. The fourth-order valence-electron chi connectivity index (χ4n) is 3.07. The molecule has 2 aromatic rings. The molecule has 0 aliphatic carbocycles. The highest BCUT2D eigenvalue weighted by Gasteiger charge is 2.34. The minimum atomic E-state index is -4.60. The Labute approximate surface area is 175 Å². The number of nitrogens with zero attached hydrogens (tertiary/aromatic N) is 1. The number of hydrogen-bond acceptors (Lipinski definition) is 4. The normalized spacial score (nSPS) is 16.6. The highest BCUT2D eigenvalue weighted by atomic mass is 32.2. The molecule has 0 saturated heterocycles. The molecule has 1 heterocycles. The molecule has 0 fully saturated rings. The van der Waals surface area contributed by atoms with Crippen molar-refractivity contribution < 1.29 is 22.8 Å². The Morgan fingerprint density at radius 1 is 1.17 bits per heavy atom. The number of amides is 2. The van der Waals surface area contributed by atoms with Gasteiger partial charge in [0, 0.05) is 12.3 Å². The third-order valence-electron chi connectivity index (χ3n) is 4.41. The maximum Gasteiger partial charge on any atom is 0.418 e. The lowest BCUT2D eigenvalue weighted by molar-refractivity contribution is -0.137. The highest BCUT2D eigenvalue weighted by Crippen LogP contribution is 2.37. The SMILES string of the molecule is N#CC1=C(SCC(=O)Nc2ccccc2C(F)(F)F)NC(=O)C[C@@H]1c1ccccc1. The van der Waals surface area contributed by atoms with Gasteiger partial charge in [0.2, 0.25) is 11.8 Å². The number of para-hydroxylation sites is 1. The molecule has 0 aromatic heterocycles. The number of anilines is 1. The number of carbonyl (C=O) groups excluding carboxylic acids is 2. The van der Waals surface area contributed by atoms with Gasteiger partial charge in [0.15, 0.2) is 0 Å². The molecule has 5 nitrogen and oxygen atoms in total. The van der Waals surface area contributed by atoms with Gasteiger partial charge in [-0.3, -0.25) is 9.59 Å². The number of allylic oxidation sites excluding steroid dienone is 1. The van der Waals surface area contributed by atoms with Crippen LogP contribution in [0.1, 0.15) is 23.5 Å². The molecule has 2 aromatic carbocycles. The minimum Gasteiger partial charge on any atom is -0.325 e. The van der Waals surface area contributed by atoms with E-state index in [2.05, 4.69) is 16.7 Å². The van der Waals surface area contributed by atoms with Crippen LogP contribution >= 0.6 is 11.8 Å². The number of benzene rings is 2. The first-order valence-corrected chi connectivity index (χ1v) is 9.86. The zero-order valence-corrected chi connectivity index (χ0v) is 16.3. The number of halogens is 3. The monoisotopic (exact) mass is 431 g/mol. The van der Waals surface area contributed by atoms with Gasteiger partial charge in [-0.05, 0) is 17.7 Å². The lowest BCUT2D eigenvalue weighted by Crippen LogP contribution is -2.31. The first-order chi connectivity index (χ1) is 14.3. The van der Waals surface area contributed by atoms with E-state index in [1.165, 1.54) is 18.2 Å². The van der Waals surface area contributed by atoms with E-state index >= 15 is 0 Å². The topological polar surface area (TPSA) is 82.0 Å². The molecular formula is C21H16F3N3O2S. The van der Waals surface area contributed by atoms with E-state index in [9.17, 15) is 28.0 Å². The van der Waals surface area contributed by atoms with Crippen LogP contribution in [0, 0.1) is 11.3 Å². The van der Waals surface area contributed by atoms with E-state index in [-0.39, 0.29) is 28.8 Å². The van der Waals surface area contributed by atoms with Crippen molar-refractivity contribution in [1.29, 1.82) is 5.26 Å². The Morgan fingerprint density at radius 2 is 1.83 bits per heavy atom. The molecule has 0 unspecified atom stereocenters. The van der Waals surface area contributed by atoms with Crippen LogP contribution in [-0.2, 0) is 15.8 Å². The summed E-state index contributed by atoms with van der Waals surface area (Å²) in [6, 6.07) is 15.8. The third kappa shape index (κ3) is 5.02. The number of thioether (sulfide) groups is 1. The van der Waals surface area contributed by atoms with E-state index in [0.717, 1.165) is 23.4 Å². The van der Waals surface area contributed by atoms with E-state index in [0.29, 0.717) is 5.57 Å². The Hall–Kier alpha value is -3.25. The fraction of sp³-hybridized carbons (Fsp3) is 0.190. The van der Waals surface area contributed by atoms with Crippen molar-refractivity contribution in [2.75, 3.05) is 11.1 Å². The molecule has 1 aliphatic heterocycles. The number of hydrogen-bond donors (Lipinski definition) is 2. The van der Waals surface area contributed by atoms with E-state index in [4.69, 9.17) is 0 Å². The van der Waals surface area contributed by atoms with Crippen LogP contribution < -0.4 is 10.6 Å². The molecule has 0 bridgehead atoms. The Morgan fingerprint density at radius 3 is 2.50 bits per heavy atom. The van der Waals surface area contributed by atoms with Crippen LogP contribution in [-0.4, -0.2) is 17.6 Å². The number of carbonyl (C=O) groups is 2. The molecule has 0 radical (unpaired) electrons. The van der Waals surface area contributed by atoms with Crippen LogP contribution in [0.5, 0.6) is 0 Å². The largest absolute Gasteiger partial charge is 0.418 e. The summed E-state index contributed by atoms with van der Waals surface area (Å²) in [5, 5.41) is 14.7. The number of nitriles is 1. The molecule has 0 spiro atoms. The number of alkyl halides is 3. The van der Waals surface area contributed by atoms with Gasteiger partial charge in [-0.1, -0.05) is 54.2 Å². The van der Waals surface area contributed by atoms with E-state index in [1.54, 1.807) is 12.1 Å². The van der Waals surface area contributed by atoms with Crippen molar-refractivity contribution in [3.8, 4) is 6.07 Å². The highest BCUT2D eigenvalue weighted by molar-refractivity contribution is 8.03. The second kappa shape index (κ2) is 9.05. The first-order valence-electron chi connectivity index (χ1n) is 8.87. The summed E-state index contributed by atoms with van der Waals surface area (Å²) in [6.07, 6.45) is -4.50. The predicted molar refractivity (Wildman–Crippen MR) is 107 cm³/mol. The van der Waals surface area contributed by atoms with Gasteiger partial charge in [0.1, 0.15) is 0 Å². The maximum absolute atomic E-state index is 13.1. The van der Waals surface area contributed by atoms with Crippen molar-refractivity contribution in [2.45, 2.75) is 18.5 Å². The molecule has 0 saturated carbocycles. The smallest absolute Gasteiger partial charge is 0.325 e. The Balaban J connectivity index is 1.76.